The fraction of sp³-hybridized carbons (Fsp3) is 0.314. The second-order valence-corrected chi connectivity index (χ2v) is 16.8. The number of nitrogens with zero attached hydrogens (tertiary/aromatic N) is 2. The molecule has 2 saturated carbocycles. The summed E-state index contributed by atoms with van der Waals surface area (Å²) in [5.41, 5.74) is 1.52. The average Bonchev–Trinajstić information content (AvgIpc) is 3.83. The Morgan fingerprint density at radius 2 is 1.61 bits per heavy atom. The molecule has 8 rings (SSSR count). The van der Waals surface area contributed by atoms with E-state index in [4.69, 9.17) is 14.6 Å². The Bertz CT molecular complexity index is 2270. The van der Waals surface area contributed by atoms with Crippen LogP contribution in [0.15, 0.2) is 81.4 Å². The highest BCUT2D eigenvalue weighted by Gasteiger charge is 2.70. The molecule has 3 aromatic carbocycles. The van der Waals surface area contributed by atoms with E-state index < -0.39 is 33.6 Å². The minimum absolute atomic E-state index is 0.105. The number of methoxy groups -OCH3 is 2. The number of hydrogen-bond donors (Lipinski definition) is 2. The number of imide groups is 1. The third kappa shape index (κ3) is 5.38. The van der Waals surface area contributed by atoms with E-state index >= 15 is 0 Å². The predicted molar refractivity (Wildman–Crippen MR) is 187 cm³/mol. The van der Waals surface area contributed by atoms with Gasteiger partial charge in [-0.25, -0.2) is 17.9 Å². The summed E-state index contributed by atoms with van der Waals surface area (Å²) in [6, 6.07) is 16.3. The predicted octanol–water partition coefficient (Wildman–Crippen LogP) is 4.03. The zero-order valence-corrected chi connectivity index (χ0v) is 29.6. The van der Waals surface area contributed by atoms with Crippen molar-refractivity contribution >= 4 is 62.2 Å². The smallest absolute Gasteiger partial charge is 0.308 e. The lowest BCUT2D eigenvalue weighted by Gasteiger charge is -2.43. The number of amides is 3. The molecule has 2 bridgehead atoms. The Labute approximate surface area is 299 Å². The van der Waals surface area contributed by atoms with Gasteiger partial charge in [-0.15, -0.1) is 11.8 Å². The molecular weight excluding hydrogens is 720 g/mol. The van der Waals surface area contributed by atoms with E-state index in [2.05, 4.69) is 5.32 Å². The highest BCUT2D eigenvalue weighted by Crippen LogP contribution is 2.69. The van der Waals surface area contributed by atoms with Crippen LogP contribution in [0.1, 0.15) is 22.8 Å². The van der Waals surface area contributed by atoms with Gasteiger partial charge in [0.1, 0.15) is 12.4 Å². The zero-order chi connectivity index (χ0) is 35.9. The number of hydrogen-bond acceptors (Lipinski definition) is 10. The average molecular weight is 751 g/mol. The van der Waals surface area contributed by atoms with Crippen molar-refractivity contribution in [2.75, 3.05) is 24.4 Å². The van der Waals surface area contributed by atoms with Crippen LogP contribution < -0.4 is 29.7 Å². The standard InChI is InChI=1S/C35H31FN4O8S3/c1-47-23-12-3-16(13-24(23)48-2)26-27-21-14-22(29-28(21)32(42)40(33(29)43)19-8-4-17(36)5-9-19)30(27)49-34-31(26)50-35(44)39(34)15-25(41)38-18-6-10-20(11-7-18)51(37,45)46/h3-13,21-22,26-30H,14-15H2,1-2H3,(H,38,41)(H2,37,45,46). The van der Waals surface area contributed by atoms with Crippen molar-refractivity contribution in [2.45, 2.75) is 34.1 Å². The molecule has 16 heteroatoms. The van der Waals surface area contributed by atoms with Crippen LogP contribution >= 0.6 is 23.1 Å². The molecule has 7 unspecified atom stereocenters. The van der Waals surface area contributed by atoms with E-state index in [0.29, 0.717) is 34.3 Å². The Hall–Kier alpha value is -4.51. The lowest BCUT2D eigenvalue weighted by atomic mass is 9.68. The highest BCUT2D eigenvalue weighted by molar-refractivity contribution is 8.00. The number of carbonyl (C=O) groups is 3. The van der Waals surface area contributed by atoms with E-state index in [-0.39, 0.29) is 57.0 Å². The number of fused-ring (bicyclic) bond motifs is 9. The van der Waals surface area contributed by atoms with Gasteiger partial charge >= 0.3 is 4.87 Å². The molecule has 2 aliphatic heterocycles. The molecule has 3 heterocycles. The Morgan fingerprint density at radius 1 is 0.941 bits per heavy atom. The van der Waals surface area contributed by atoms with Crippen LogP contribution in [0, 0.1) is 35.4 Å². The maximum absolute atomic E-state index is 14.1. The van der Waals surface area contributed by atoms with Crippen molar-refractivity contribution in [3.05, 3.63) is 92.7 Å². The number of benzene rings is 3. The normalized spacial score (nSPS) is 26.1. The van der Waals surface area contributed by atoms with E-state index in [1.807, 2.05) is 12.1 Å². The minimum Gasteiger partial charge on any atom is -0.493 e. The number of rotatable bonds is 8. The molecule has 1 saturated heterocycles. The number of nitrogens with one attached hydrogen (secondary N) is 1. The van der Waals surface area contributed by atoms with E-state index in [1.165, 1.54) is 76.9 Å². The largest absolute Gasteiger partial charge is 0.493 e. The first-order valence-electron chi connectivity index (χ1n) is 16.1. The molecule has 7 atom stereocenters. The zero-order valence-electron chi connectivity index (χ0n) is 27.1. The van der Waals surface area contributed by atoms with Crippen LogP contribution in [-0.2, 0) is 31.0 Å². The summed E-state index contributed by atoms with van der Waals surface area (Å²) in [6.45, 7) is -0.305. The number of aromatic nitrogens is 1. The SMILES string of the molecule is COc1ccc(C2c3sc(=O)n(CC(=O)Nc4ccc(S(N)(=O)=O)cc4)c3SC3C4CC(C5C(=O)N(c6ccc(F)cc6)C(=O)C45)C23)cc1OC. The Kier molecular flexibility index (Phi) is 8.12. The van der Waals surface area contributed by atoms with E-state index in [0.717, 1.165) is 21.8 Å². The third-order valence-electron chi connectivity index (χ3n) is 10.6. The molecule has 4 aromatic rings. The van der Waals surface area contributed by atoms with Gasteiger partial charge in [-0.3, -0.25) is 28.6 Å². The lowest BCUT2D eigenvalue weighted by Crippen LogP contribution is -2.43. The van der Waals surface area contributed by atoms with Crippen LogP contribution in [0.5, 0.6) is 11.5 Å². The third-order valence-corrected chi connectivity index (χ3v) is 14.3. The molecule has 264 valence electrons. The van der Waals surface area contributed by atoms with Gasteiger partial charge in [0.15, 0.2) is 11.5 Å². The molecule has 3 N–H and O–H groups in total. The molecule has 4 aliphatic rings. The van der Waals surface area contributed by atoms with Crippen LogP contribution in [0.4, 0.5) is 15.8 Å². The molecule has 2 aliphatic carbocycles. The van der Waals surface area contributed by atoms with Crippen molar-refractivity contribution < 1.29 is 36.7 Å². The van der Waals surface area contributed by atoms with E-state index in [1.54, 1.807) is 13.2 Å². The van der Waals surface area contributed by atoms with Crippen LogP contribution in [-0.4, -0.2) is 50.2 Å². The number of ether oxygens (including phenoxy) is 2. The van der Waals surface area contributed by atoms with Gasteiger partial charge in [0.25, 0.3) is 0 Å². The summed E-state index contributed by atoms with van der Waals surface area (Å²) in [5.74, 6) is -2.44. The fourth-order valence-corrected chi connectivity index (χ4v) is 12.3. The molecule has 0 radical (unpaired) electrons. The van der Waals surface area contributed by atoms with Gasteiger partial charge in [0, 0.05) is 21.7 Å². The van der Waals surface area contributed by atoms with Crippen molar-refractivity contribution in [3.8, 4) is 11.5 Å². The monoisotopic (exact) mass is 750 g/mol. The summed E-state index contributed by atoms with van der Waals surface area (Å²) < 4.78 is 49.6. The quantitative estimate of drug-likeness (QED) is 0.253. The van der Waals surface area contributed by atoms with Crippen molar-refractivity contribution in [3.63, 3.8) is 0 Å². The first-order chi connectivity index (χ1) is 24.4. The number of carbonyl (C=O) groups excluding carboxylic acids is 3. The number of thiazole rings is 1. The molecule has 3 fully saturated rings. The highest BCUT2D eigenvalue weighted by atomic mass is 32.2. The van der Waals surface area contributed by atoms with Crippen LogP contribution in [0.3, 0.4) is 0 Å². The summed E-state index contributed by atoms with van der Waals surface area (Å²) in [7, 11) is -0.833. The number of sulfonamides is 1. The molecule has 0 spiro atoms. The topological polar surface area (TPSA) is 167 Å². The lowest BCUT2D eigenvalue weighted by molar-refractivity contribution is -0.123. The molecule has 51 heavy (non-hydrogen) atoms. The van der Waals surface area contributed by atoms with Gasteiger partial charge in [0.05, 0.1) is 41.7 Å². The number of thioether (sulfide) groups is 1. The Balaban J connectivity index is 1.17. The number of nitrogens with two attached hydrogens (primary N) is 1. The Morgan fingerprint density at radius 3 is 2.25 bits per heavy atom. The first kappa shape index (κ1) is 33.6. The minimum atomic E-state index is -3.91. The van der Waals surface area contributed by atoms with Gasteiger partial charge in [-0.2, -0.15) is 0 Å². The molecular formula is C35H31FN4O8S3. The second kappa shape index (κ2) is 12.3. The summed E-state index contributed by atoms with van der Waals surface area (Å²) >= 11 is 2.54. The van der Waals surface area contributed by atoms with Crippen LogP contribution in [0.2, 0.25) is 0 Å². The van der Waals surface area contributed by atoms with E-state index in [9.17, 15) is 32.0 Å². The number of halogens is 1. The first-order valence-corrected chi connectivity index (χ1v) is 19.3. The number of anilines is 2. The second-order valence-electron chi connectivity index (χ2n) is 13.1. The summed E-state index contributed by atoms with van der Waals surface area (Å²) in [6.07, 6.45) is 0.657. The van der Waals surface area contributed by atoms with Crippen molar-refractivity contribution in [2.24, 2.45) is 34.7 Å². The van der Waals surface area contributed by atoms with Gasteiger partial charge < -0.3 is 14.8 Å². The van der Waals surface area contributed by atoms with Crippen molar-refractivity contribution in [1.82, 2.24) is 4.57 Å². The summed E-state index contributed by atoms with van der Waals surface area (Å²) in [4.78, 5) is 56.6. The van der Waals surface area contributed by atoms with Gasteiger partial charge in [-0.1, -0.05) is 17.4 Å². The van der Waals surface area contributed by atoms with Gasteiger partial charge in [0.2, 0.25) is 27.7 Å². The molecule has 3 amide bonds. The van der Waals surface area contributed by atoms with Crippen molar-refractivity contribution in [1.29, 1.82) is 0 Å². The number of primary sulfonamides is 1. The molecule has 12 nitrogen and oxygen atoms in total. The maximum atomic E-state index is 14.1. The fourth-order valence-electron chi connectivity index (χ4n) is 8.59. The molecule has 1 aromatic heterocycles. The van der Waals surface area contributed by atoms with Gasteiger partial charge in [-0.05, 0) is 90.4 Å². The van der Waals surface area contributed by atoms with Crippen LogP contribution in [0.25, 0.3) is 0 Å². The maximum Gasteiger partial charge on any atom is 0.308 e. The summed E-state index contributed by atoms with van der Waals surface area (Å²) in [5, 5.41) is 8.38.